The number of H-pyrrole nitrogens is 1. The van der Waals surface area contributed by atoms with Crippen LogP contribution in [0.3, 0.4) is 0 Å². The number of thioether (sulfide) groups is 1. The van der Waals surface area contributed by atoms with Crippen molar-refractivity contribution in [2.45, 2.75) is 76.2 Å². The number of tetrazole rings is 1. The first-order valence-corrected chi connectivity index (χ1v) is 9.97. The molecule has 1 aliphatic carbocycles. The van der Waals surface area contributed by atoms with Gasteiger partial charge in [-0.05, 0) is 56.5 Å². The molecule has 1 saturated carbocycles. The molecule has 26 heavy (non-hydrogen) atoms. The van der Waals surface area contributed by atoms with Gasteiger partial charge in [0.15, 0.2) is 11.6 Å². The third-order valence-electron chi connectivity index (χ3n) is 5.07. The first-order valence-electron chi connectivity index (χ1n) is 9.09. The number of aromatic amines is 1. The average molecular weight is 375 g/mol. The van der Waals surface area contributed by atoms with Crippen LogP contribution in [-0.4, -0.2) is 42.0 Å². The topological polar surface area (TPSA) is 93.5 Å². The molecule has 1 fully saturated rings. The van der Waals surface area contributed by atoms with Crippen LogP contribution in [0.2, 0.25) is 0 Å². The van der Waals surface area contributed by atoms with Crippen molar-refractivity contribution in [2.24, 2.45) is 0 Å². The second-order valence-electron chi connectivity index (χ2n) is 7.00. The molecule has 0 aliphatic heterocycles. The SMILES string of the molecule is CC(=O)c1c(C)[nH]c(C(=O)C(C)Sc2nnnn2C2CCCCC2)c1C. The lowest BCUT2D eigenvalue weighted by atomic mass is 9.96. The van der Waals surface area contributed by atoms with Gasteiger partial charge in [-0.2, -0.15) is 0 Å². The predicted octanol–water partition coefficient (Wildman–Crippen LogP) is 3.69. The van der Waals surface area contributed by atoms with Crippen molar-refractivity contribution in [3.05, 3.63) is 22.5 Å². The molecule has 3 rings (SSSR count). The molecular weight excluding hydrogens is 350 g/mol. The lowest BCUT2D eigenvalue weighted by Gasteiger charge is -2.22. The van der Waals surface area contributed by atoms with Crippen LogP contribution in [0, 0.1) is 13.8 Å². The summed E-state index contributed by atoms with van der Waals surface area (Å²) in [6.07, 6.45) is 5.81. The third-order valence-corrected chi connectivity index (χ3v) is 6.12. The van der Waals surface area contributed by atoms with Gasteiger partial charge in [0.05, 0.1) is 17.0 Å². The van der Waals surface area contributed by atoms with Crippen molar-refractivity contribution < 1.29 is 9.59 Å². The Morgan fingerprint density at radius 1 is 1.23 bits per heavy atom. The summed E-state index contributed by atoms with van der Waals surface area (Å²) in [6, 6.07) is 0.322. The van der Waals surface area contributed by atoms with Crippen molar-refractivity contribution in [1.82, 2.24) is 25.2 Å². The monoisotopic (exact) mass is 375 g/mol. The summed E-state index contributed by atoms with van der Waals surface area (Å²) in [5, 5.41) is 12.4. The van der Waals surface area contributed by atoms with E-state index in [0.29, 0.717) is 22.5 Å². The molecule has 0 amide bonds. The number of hydrogen-bond acceptors (Lipinski definition) is 6. The minimum atomic E-state index is -0.347. The summed E-state index contributed by atoms with van der Waals surface area (Å²) in [7, 11) is 0. The largest absolute Gasteiger partial charge is 0.355 e. The second-order valence-corrected chi connectivity index (χ2v) is 8.31. The Bertz CT molecular complexity index is 820. The molecule has 140 valence electrons. The van der Waals surface area contributed by atoms with Gasteiger partial charge in [0.2, 0.25) is 5.16 Å². The number of aryl methyl sites for hydroxylation is 1. The average Bonchev–Trinajstić information content (AvgIpc) is 3.19. The Balaban J connectivity index is 1.78. The molecule has 0 saturated heterocycles. The highest BCUT2D eigenvalue weighted by molar-refractivity contribution is 8.00. The fourth-order valence-corrected chi connectivity index (χ4v) is 4.68. The molecule has 1 N–H and O–H groups in total. The fraction of sp³-hybridized carbons (Fsp3) is 0.611. The molecule has 2 aromatic heterocycles. The standard InChI is InChI=1S/C18H25N5O2S/c1-10-15(12(3)24)11(2)19-16(10)17(25)13(4)26-18-20-21-22-23(18)14-8-6-5-7-9-14/h13-14,19H,5-9H2,1-4H3. The summed E-state index contributed by atoms with van der Waals surface area (Å²) in [5.74, 6) is -0.0712. The highest BCUT2D eigenvalue weighted by Gasteiger charge is 2.27. The molecule has 0 aromatic carbocycles. The number of nitrogens with one attached hydrogen (secondary N) is 1. The van der Waals surface area contributed by atoms with E-state index in [1.165, 1.54) is 37.9 Å². The van der Waals surface area contributed by atoms with Crippen LogP contribution >= 0.6 is 11.8 Å². The van der Waals surface area contributed by atoms with Gasteiger partial charge in [0.1, 0.15) is 0 Å². The van der Waals surface area contributed by atoms with E-state index in [-0.39, 0.29) is 16.8 Å². The van der Waals surface area contributed by atoms with Crippen LogP contribution in [0.1, 0.15) is 84.1 Å². The Kier molecular flexibility index (Phi) is 5.60. The maximum absolute atomic E-state index is 12.9. The lowest BCUT2D eigenvalue weighted by molar-refractivity contribution is 0.0988. The minimum Gasteiger partial charge on any atom is -0.355 e. The number of nitrogens with zero attached hydrogens (tertiary/aromatic N) is 4. The van der Waals surface area contributed by atoms with Crippen LogP contribution in [-0.2, 0) is 0 Å². The molecule has 1 atom stereocenters. The van der Waals surface area contributed by atoms with E-state index in [2.05, 4.69) is 20.5 Å². The van der Waals surface area contributed by atoms with Gasteiger partial charge >= 0.3 is 0 Å². The number of hydrogen-bond donors (Lipinski definition) is 1. The van der Waals surface area contributed by atoms with Crippen molar-refractivity contribution in [1.29, 1.82) is 0 Å². The van der Waals surface area contributed by atoms with E-state index in [1.54, 1.807) is 0 Å². The molecule has 0 spiro atoms. The van der Waals surface area contributed by atoms with Crippen LogP contribution in [0.4, 0.5) is 0 Å². The van der Waals surface area contributed by atoms with E-state index < -0.39 is 0 Å². The van der Waals surface area contributed by atoms with Crippen molar-refractivity contribution >= 4 is 23.3 Å². The summed E-state index contributed by atoms with van der Waals surface area (Å²) in [6.45, 7) is 7.02. The van der Waals surface area contributed by atoms with Gasteiger partial charge in [-0.15, -0.1) is 5.10 Å². The zero-order valence-electron chi connectivity index (χ0n) is 15.7. The van der Waals surface area contributed by atoms with Gasteiger partial charge in [-0.25, -0.2) is 4.68 Å². The Morgan fingerprint density at radius 2 is 1.92 bits per heavy atom. The van der Waals surface area contributed by atoms with Crippen LogP contribution in [0.25, 0.3) is 0 Å². The van der Waals surface area contributed by atoms with E-state index in [0.717, 1.165) is 24.1 Å². The number of Topliss-reactive ketones (excluding diaryl/α,β-unsaturated/α-hetero) is 2. The van der Waals surface area contributed by atoms with Crippen molar-refractivity contribution in [3.8, 4) is 0 Å². The van der Waals surface area contributed by atoms with Crippen LogP contribution in [0.5, 0.6) is 0 Å². The Morgan fingerprint density at radius 3 is 2.54 bits per heavy atom. The van der Waals surface area contributed by atoms with Crippen LogP contribution < -0.4 is 0 Å². The first-order chi connectivity index (χ1) is 12.4. The molecule has 1 unspecified atom stereocenters. The molecule has 0 bridgehead atoms. The van der Waals surface area contributed by atoms with Gasteiger partial charge < -0.3 is 4.98 Å². The highest BCUT2D eigenvalue weighted by atomic mass is 32.2. The Hall–Kier alpha value is -1.96. The Labute approximate surface area is 157 Å². The number of carbonyl (C=O) groups is 2. The molecule has 1 aliphatic rings. The maximum atomic E-state index is 12.9. The van der Waals surface area contributed by atoms with Crippen molar-refractivity contribution in [3.63, 3.8) is 0 Å². The number of ketones is 2. The molecule has 7 nitrogen and oxygen atoms in total. The fourth-order valence-electron chi connectivity index (χ4n) is 3.76. The number of carbonyl (C=O) groups excluding carboxylic acids is 2. The van der Waals surface area contributed by atoms with Crippen LogP contribution in [0.15, 0.2) is 5.16 Å². The first kappa shape index (κ1) is 18.8. The number of aromatic nitrogens is 5. The van der Waals surface area contributed by atoms with Crippen molar-refractivity contribution in [2.75, 3.05) is 0 Å². The van der Waals surface area contributed by atoms with E-state index in [1.807, 2.05) is 25.5 Å². The smallest absolute Gasteiger partial charge is 0.210 e. The molecule has 2 heterocycles. The summed E-state index contributed by atoms with van der Waals surface area (Å²) in [5.41, 5.74) is 2.57. The van der Waals surface area contributed by atoms with E-state index >= 15 is 0 Å². The molecule has 0 radical (unpaired) electrons. The second kappa shape index (κ2) is 7.73. The molecule has 8 heteroatoms. The highest BCUT2D eigenvalue weighted by Crippen LogP contribution is 2.32. The van der Waals surface area contributed by atoms with E-state index in [4.69, 9.17) is 0 Å². The molecule has 2 aromatic rings. The quantitative estimate of drug-likeness (QED) is 0.611. The lowest BCUT2D eigenvalue weighted by Crippen LogP contribution is -2.19. The van der Waals surface area contributed by atoms with E-state index in [9.17, 15) is 9.59 Å². The maximum Gasteiger partial charge on any atom is 0.210 e. The zero-order valence-corrected chi connectivity index (χ0v) is 16.5. The zero-order chi connectivity index (χ0) is 18.8. The normalized spacial score (nSPS) is 16.6. The third kappa shape index (κ3) is 3.60. The number of rotatable bonds is 6. The summed E-state index contributed by atoms with van der Waals surface area (Å²) in [4.78, 5) is 27.8. The van der Waals surface area contributed by atoms with Gasteiger partial charge in [0, 0.05) is 11.3 Å². The minimum absolute atomic E-state index is 0.0307. The van der Waals surface area contributed by atoms with Gasteiger partial charge in [-0.3, -0.25) is 9.59 Å². The summed E-state index contributed by atoms with van der Waals surface area (Å²) < 4.78 is 1.88. The summed E-state index contributed by atoms with van der Waals surface area (Å²) >= 11 is 1.38. The molecular formula is C18H25N5O2S. The predicted molar refractivity (Wildman–Crippen MR) is 99.9 cm³/mol. The van der Waals surface area contributed by atoms with Gasteiger partial charge in [0.25, 0.3) is 0 Å². The van der Waals surface area contributed by atoms with Gasteiger partial charge in [-0.1, -0.05) is 31.0 Å².